The summed E-state index contributed by atoms with van der Waals surface area (Å²) in [5.74, 6) is -0.549. The van der Waals surface area contributed by atoms with E-state index < -0.39 is 17.7 Å². The van der Waals surface area contributed by atoms with Crippen molar-refractivity contribution in [3.05, 3.63) is 58.3 Å². The number of alkyl halides is 1. The number of nitrogens with zero attached hydrogens (tertiary/aromatic N) is 1. The van der Waals surface area contributed by atoms with E-state index in [4.69, 9.17) is 0 Å². The van der Waals surface area contributed by atoms with Gasteiger partial charge >= 0.3 is 0 Å². The van der Waals surface area contributed by atoms with Crippen LogP contribution in [0.3, 0.4) is 0 Å². The standard InChI is InChI=1S/C18H21FN2O2S.ClH/c19-18(8-9-20-13-18)17(23)21(11-14-5-2-1-3-6-14)12-15(22)16-7-4-10-24-16;/h1-7,10,15,20,22H,8-9,11-13H2;1H. The molecule has 0 radical (unpaired) electrons. The lowest BCUT2D eigenvalue weighted by Crippen LogP contribution is -2.48. The number of aliphatic hydroxyl groups excluding tert-OH is 1. The van der Waals surface area contributed by atoms with E-state index in [0.29, 0.717) is 6.54 Å². The Morgan fingerprint density at radius 3 is 2.68 bits per heavy atom. The molecule has 2 atom stereocenters. The third-order valence-electron chi connectivity index (χ3n) is 4.25. The Kier molecular flexibility index (Phi) is 6.95. The SMILES string of the molecule is Cl.O=C(N(Cc1ccccc1)CC(O)c1cccs1)C1(F)CCNC1. The molecule has 1 aromatic carbocycles. The summed E-state index contributed by atoms with van der Waals surface area (Å²) in [5, 5.41) is 15.2. The Morgan fingerprint density at radius 1 is 1.32 bits per heavy atom. The predicted octanol–water partition coefficient (Wildman–Crippen LogP) is 2.93. The zero-order valence-corrected chi connectivity index (χ0v) is 15.4. The first-order valence-electron chi connectivity index (χ1n) is 8.03. The highest BCUT2D eigenvalue weighted by Crippen LogP contribution is 2.26. The van der Waals surface area contributed by atoms with Gasteiger partial charge in [-0.15, -0.1) is 23.7 Å². The third kappa shape index (κ3) is 4.79. The smallest absolute Gasteiger partial charge is 0.262 e. The largest absolute Gasteiger partial charge is 0.386 e. The summed E-state index contributed by atoms with van der Waals surface area (Å²) in [7, 11) is 0. The molecule has 1 aliphatic rings. The molecule has 4 nitrogen and oxygen atoms in total. The number of nitrogens with one attached hydrogen (secondary N) is 1. The van der Waals surface area contributed by atoms with E-state index in [9.17, 15) is 14.3 Å². The average Bonchev–Trinajstić information content (AvgIpc) is 3.27. The zero-order valence-electron chi connectivity index (χ0n) is 13.7. The van der Waals surface area contributed by atoms with Gasteiger partial charge in [0.2, 0.25) is 5.67 Å². The third-order valence-corrected chi connectivity index (χ3v) is 5.23. The van der Waals surface area contributed by atoms with Crippen molar-refractivity contribution >= 4 is 29.7 Å². The maximum atomic E-state index is 14.9. The Hall–Kier alpha value is -1.47. The average molecular weight is 385 g/mol. The minimum atomic E-state index is -1.88. The lowest BCUT2D eigenvalue weighted by molar-refractivity contribution is -0.145. The van der Waals surface area contributed by atoms with Gasteiger partial charge in [0, 0.05) is 24.4 Å². The van der Waals surface area contributed by atoms with Crippen molar-refractivity contribution in [2.75, 3.05) is 19.6 Å². The first-order chi connectivity index (χ1) is 11.6. The summed E-state index contributed by atoms with van der Waals surface area (Å²) in [4.78, 5) is 15.0. The number of halogens is 2. The van der Waals surface area contributed by atoms with Crippen molar-refractivity contribution in [1.82, 2.24) is 10.2 Å². The van der Waals surface area contributed by atoms with Crippen molar-refractivity contribution < 1.29 is 14.3 Å². The van der Waals surface area contributed by atoms with Crippen LogP contribution in [0.25, 0.3) is 0 Å². The van der Waals surface area contributed by atoms with Crippen LogP contribution in [0.1, 0.15) is 23.0 Å². The van der Waals surface area contributed by atoms with Crippen LogP contribution in [0.15, 0.2) is 47.8 Å². The highest BCUT2D eigenvalue weighted by Gasteiger charge is 2.44. The molecule has 0 spiro atoms. The van der Waals surface area contributed by atoms with E-state index in [1.54, 1.807) is 0 Å². The van der Waals surface area contributed by atoms with Crippen molar-refractivity contribution in [3.63, 3.8) is 0 Å². The molecule has 0 bridgehead atoms. The van der Waals surface area contributed by atoms with Crippen LogP contribution in [-0.4, -0.2) is 41.2 Å². The summed E-state index contributed by atoms with van der Waals surface area (Å²) in [5.41, 5.74) is -0.969. The van der Waals surface area contributed by atoms with Gasteiger partial charge < -0.3 is 15.3 Å². The van der Waals surface area contributed by atoms with Gasteiger partial charge in [0.05, 0.1) is 6.54 Å². The molecule has 0 saturated carbocycles. The monoisotopic (exact) mass is 384 g/mol. The van der Waals surface area contributed by atoms with Crippen LogP contribution in [0, 0.1) is 0 Å². The van der Waals surface area contributed by atoms with Crippen LogP contribution >= 0.6 is 23.7 Å². The normalized spacial score (nSPS) is 20.7. The van der Waals surface area contributed by atoms with E-state index in [2.05, 4.69) is 5.32 Å². The summed E-state index contributed by atoms with van der Waals surface area (Å²) in [6.45, 7) is 0.898. The molecular formula is C18H22ClFN2O2S. The molecule has 1 fully saturated rings. The van der Waals surface area contributed by atoms with Crippen molar-refractivity contribution in [2.24, 2.45) is 0 Å². The minimum absolute atomic E-state index is 0. The number of carbonyl (C=O) groups is 1. The Balaban J connectivity index is 0.00000225. The molecule has 1 aromatic heterocycles. The zero-order chi connectivity index (χ0) is 17.0. The molecule has 136 valence electrons. The van der Waals surface area contributed by atoms with Gasteiger partial charge in [-0.1, -0.05) is 36.4 Å². The van der Waals surface area contributed by atoms with Crippen LogP contribution in [0.5, 0.6) is 0 Å². The van der Waals surface area contributed by atoms with Crippen molar-refractivity contribution in [3.8, 4) is 0 Å². The minimum Gasteiger partial charge on any atom is -0.386 e. The molecule has 1 amide bonds. The molecular weight excluding hydrogens is 363 g/mol. The second kappa shape index (κ2) is 8.76. The fourth-order valence-corrected chi connectivity index (χ4v) is 3.63. The summed E-state index contributed by atoms with van der Waals surface area (Å²) in [6.07, 6.45) is -0.637. The van der Waals surface area contributed by atoms with E-state index in [1.807, 2.05) is 47.8 Å². The molecule has 1 aliphatic heterocycles. The predicted molar refractivity (Wildman–Crippen MR) is 99.7 cm³/mol. The van der Waals surface area contributed by atoms with E-state index >= 15 is 0 Å². The van der Waals surface area contributed by atoms with E-state index in [1.165, 1.54) is 16.2 Å². The van der Waals surface area contributed by atoms with Crippen molar-refractivity contribution in [1.29, 1.82) is 0 Å². The van der Waals surface area contributed by atoms with Gasteiger partial charge in [0.1, 0.15) is 6.10 Å². The van der Waals surface area contributed by atoms with Gasteiger partial charge in [-0.05, 0) is 23.6 Å². The number of carbonyl (C=O) groups excluding carboxylic acids is 1. The fourth-order valence-electron chi connectivity index (χ4n) is 2.93. The van der Waals surface area contributed by atoms with Crippen LogP contribution in [0.4, 0.5) is 4.39 Å². The first-order valence-corrected chi connectivity index (χ1v) is 8.91. The van der Waals surface area contributed by atoms with Gasteiger partial charge in [0.25, 0.3) is 5.91 Å². The second-order valence-electron chi connectivity index (χ2n) is 6.09. The molecule has 1 saturated heterocycles. The van der Waals surface area contributed by atoms with E-state index in [0.717, 1.165) is 10.4 Å². The quantitative estimate of drug-likeness (QED) is 0.805. The number of rotatable bonds is 6. The van der Waals surface area contributed by atoms with Crippen LogP contribution < -0.4 is 5.32 Å². The van der Waals surface area contributed by atoms with Gasteiger partial charge in [-0.2, -0.15) is 0 Å². The summed E-state index contributed by atoms with van der Waals surface area (Å²) in [6, 6.07) is 13.1. The summed E-state index contributed by atoms with van der Waals surface area (Å²) < 4.78 is 14.9. The molecule has 2 N–H and O–H groups in total. The maximum Gasteiger partial charge on any atom is 0.262 e. The van der Waals surface area contributed by atoms with Crippen molar-refractivity contribution in [2.45, 2.75) is 24.7 Å². The topological polar surface area (TPSA) is 52.6 Å². The van der Waals surface area contributed by atoms with E-state index in [-0.39, 0.29) is 38.5 Å². The number of hydrogen-bond acceptors (Lipinski definition) is 4. The molecule has 0 aliphatic carbocycles. The van der Waals surface area contributed by atoms with Crippen LogP contribution in [0.2, 0.25) is 0 Å². The molecule has 2 unspecified atom stereocenters. The molecule has 25 heavy (non-hydrogen) atoms. The maximum absolute atomic E-state index is 14.9. The Bertz CT molecular complexity index is 663. The first kappa shape index (κ1) is 19.8. The number of benzene rings is 1. The number of thiophene rings is 1. The van der Waals surface area contributed by atoms with Gasteiger partial charge in [-0.25, -0.2) is 4.39 Å². The number of amides is 1. The Labute approximate surface area is 157 Å². The fraction of sp³-hybridized carbons (Fsp3) is 0.389. The Morgan fingerprint density at radius 2 is 2.08 bits per heavy atom. The highest BCUT2D eigenvalue weighted by molar-refractivity contribution is 7.10. The highest BCUT2D eigenvalue weighted by atomic mass is 35.5. The molecule has 3 rings (SSSR count). The summed E-state index contributed by atoms with van der Waals surface area (Å²) >= 11 is 1.43. The lowest BCUT2D eigenvalue weighted by atomic mass is 10.0. The molecule has 7 heteroatoms. The van der Waals surface area contributed by atoms with Gasteiger partial charge in [-0.3, -0.25) is 4.79 Å². The second-order valence-corrected chi connectivity index (χ2v) is 7.07. The molecule has 2 aromatic rings. The number of aliphatic hydroxyl groups is 1. The number of hydrogen-bond donors (Lipinski definition) is 2. The van der Waals surface area contributed by atoms with Gasteiger partial charge in [0.15, 0.2) is 0 Å². The molecule has 2 heterocycles. The van der Waals surface area contributed by atoms with Crippen LogP contribution in [-0.2, 0) is 11.3 Å². The lowest BCUT2D eigenvalue weighted by Gasteiger charge is -2.30.